The Hall–Kier alpha value is -1.06. The third-order valence-electron chi connectivity index (χ3n) is 5.06. The fraction of sp³-hybridized carbons (Fsp3) is 0.667. The lowest BCUT2D eigenvalue weighted by molar-refractivity contribution is -0.153. The van der Waals surface area contributed by atoms with Crippen molar-refractivity contribution in [3.05, 3.63) is 29.8 Å². The van der Waals surface area contributed by atoms with Crippen LogP contribution in [0.15, 0.2) is 24.3 Å². The van der Waals surface area contributed by atoms with E-state index in [2.05, 4.69) is 36.5 Å². The zero-order valence-electron chi connectivity index (χ0n) is 13.2. The molecule has 2 atom stereocenters. The third-order valence-corrected chi connectivity index (χ3v) is 5.06. The van der Waals surface area contributed by atoms with Crippen molar-refractivity contribution in [1.29, 1.82) is 0 Å². The molecule has 1 spiro atoms. The SMILES string of the molecule is CCC(NC)c1ccccc1OC1CCOC2(CCC2)C1. The van der Waals surface area contributed by atoms with Crippen molar-refractivity contribution in [2.24, 2.45) is 0 Å². The van der Waals surface area contributed by atoms with Crippen molar-refractivity contribution in [1.82, 2.24) is 5.32 Å². The van der Waals surface area contributed by atoms with Crippen LogP contribution in [0.2, 0.25) is 0 Å². The van der Waals surface area contributed by atoms with E-state index in [1.54, 1.807) is 0 Å². The standard InChI is InChI=1S/C18H27NO2/c1-3-16(19-2)15-7-4-5-8-17(15)21-14-9-12-20-18(13-14)10-6-11-18/h4-5,7-8,14,16,19H,3,6,9-13H2,1-2H3. The first-order valence-corrected chi connectivity index (χ1v) is 8.33. The zero-order chi connectivity index (χ0) is 14.7. The largest absolute Gasteiger partial charge is 0.490 e. The molecule has 0 bridgehead atoms. The first-order chi connectivity index (χ1) is 10.3. The molecular formula is C18H27NO2. The predicted molar refractivity (Wildman–Crippen MR) is 84.7 cm³/mol. The van der Waals surface area contributed by atoms with Gasteiger partial charge in [-0.1, -0.05) is 25.1 Å². The van der Waals surface area contributed by atoms with E-state index in [0.717, 1.165) is 31.6 Å². The van der Waals surface area contributed by atoms with Crippen molar-refractivity contribution in [3.63, 3.8) is 0 Å². The zero-order valence-corrected chi connectivity index (χ0v) is 13.2. The summed E-state index contributed by atoms with van der Waals surface area (Å²) < 4.78 is 12.4. The second kappa shape index (κ2) is 6.37. The highest BCUT2D eigenvalue weighted by Crippen LogP contribution is 2.43. The number of nitrogens with one attached hydrogen (secondary N) is 1. The maximum atomic E-state index is 6.38. The van der Waals surface area contributed by atoms with E-state index in [1.807, 2.05) is 7.05 Å². The number of benzene rings is 1. The average Bonchev–Trinajstić information content (AvgIpc) is 2.49. The summed E-state index contributed by atoms with van der Waals surface area (Å²) in [5.74, 6) is 1.04. The quantitative estimate of drug-likeness (QED) is 0.893. The van der Waals surface area contributed by atoms with Gasteiger partial charge in [-0.2, -0.15) is 0 Å². The molecule has 1 aromatic rings. The molecule has 1 heterocycles. The second-order valence-corrected chi connectivity index (χ2v) is 6.41. The molecule has 116 valence electrons. The fourth-order valence-corrected chi connectivity index (χ4v) is 3.64. The normalized spacial score (nSPS) is 25.3. The lowest BCUT2D eigenvalue weighted by Gasteiger charge is -2.47. The van der Waals surface area contributed by atoms with Gasteiger partial charge < -0.3 is 14.8 Å². The van der Waals surface area contributed by atoms with Gasteiger partial charge >= 0.3 is 0 Å². The number of hydrogen-bond donors (Lipinski definition) is 1. The molecule has 3 heteroatoms. The highest BCUT2D eigenvalue weighted by molar-refractivity contribution is 5.36. The third kappa shape index (κ3) is 3.09. The highest BCUT2D eigenvalue weighted by Gasteiger charge is 2.43. The Morgan fingerprint density at radius 1 is 1.38 bits per heavy atom. The van der Waals surface area contributed by atoms with Crippen molar-refractivity contribution >= 4 is 0 Å². The van der Waals surface area contributed by atoms with Crippen LogP contribution >= 0.6 is 0 Å². The summed E-state index contributed by atoms with van der Waals surface area (Å²) in [5, 5.41) is 3.38. The second-order valence-electron chi connectivity index (χ2n) is 6.41. The first kappa shape index (κ1) is 14.9. The summed E-state index contributed by atoms with van der Waals surface area (Å²) in [7, 11) is 2.02. The first-order valence-electron chi connectivity index (χ1n) is 8.33. The summed E-state index contributed by atoms with van der Waals surface area (Å²) in [5.41, 5.74) is 1.42. The Bertz CT molecular complexity index is 466. The van der Waals surface area contributed by atoms with Crippen molar-refractivity contribution in [2.45, 2.75) is 63.2 Å². The van der Waals surface area contributed by atoms with Gasteiger partial charge in [0.2, 0.25) is 0 Å². The van der Waals surface area contributed by atoms with Gasteiger partial charge in [0.1, 0.15) is 11.9 Å². The molecule has 1 aliphatic carbocycles. The molecule has 2 unspecified atom stereocenters. The van der Waals surface area contributed by atoms with E-state index in [9.17, 15) is 0 Å². The van der Waals surface area contributed by atoms with Crippen LogP contribution in [-0.4, -0.2) is 25.4 Å². The van der Waals surface area contributed by atoms with E-state index in [0.29, 0.717) is 12.1 Å². The van der Waals surface area contributed by atoms with Crippen LogP contribution in [0.4, 0.5) is 0 Å². The van der Waals surface area contributed by atoms with E-state index in [-0.39, 0.29) is 5.60 Å². The molecule has 0 radical (unpaired) electrons. The van der Waals surface area contributed by atoms with Crippen LogP contribution < -0.4 is 10.1 Å². The maximum absolute atomic E-state index is 6.38. The number of rotatable bonds is 5. The minimum atomic E-state index is 0.144. The van der Waals surface area contributed by atoms with Gasteiger partial charge in [0.25, 0.3) is 0 Å². The van der Waals surface area contributed by atoms with Gasteiger partial charge in [-0.3, -0.25) is 0 Å². The van der Waals surface area contributed by atoms with Gasteiger partial charge in [0.15, 0.2) is 0 Å². The molecule has 3 rings (SSSR count). The lowest BCUT2D eigenvalue weighted by Crippen LogP contribution is -2.48. The van der Waals surface area contributed by atoms with E-state index >= 15 is 0 Å². The molecule has 1 N–H and O–H groups in total. The van der Waals surface area contributed by atoms with E-state index in [1.165, 1.54) is 24.8 Å². The maximum Gasteiger partial charge on any atom is 0.124 e. The van der Waals surface area contributed by atoms with Gasteiger partial charge in [-0.25, -0.2) is 0 Å². The van der Waals surface area contributed by atoms with Crippen molar-refractivity contribution in [3.8, 4) is 5.75 Å². The van der Waals surface area contributed by atoms with Crippen LogP contribution in [0.5, 0.6) is 5.75 Å². The Morgan fingerprint density at radius 2 is 2.19 bits per heavy atom. The number of para-hydroxylation sites is 1. The summed E-state index contributed by atoms with van der Waals surface area (Å²) in [4.78, 5) is 0. The smallest absolute Gasteiger partial charge is 0.124 e. The van der Waals surface area contributed by atoms with E-state index < -0.39 is 0 Å². The molecule has 1 aromatic carbocycles. The van der Waals surface area contributed by atoms with Crippen LogP contribution in [0, 0.1) is 0 Å². The van der Waals surface area contributed by atoms with Gasteiger partial charge in [0, 0.05) is 24.4 Å². The number of ether oxygens (including phenoxy) is 2. The van der Waals surface area contributed by atoms with Gasteiger partial charge in [-0.15, -0.1) is 0 Å². The Balaban J connectivity index is 1.72. The topological polar surface area (TPSA) is 30.5 Å². The molecule has 0 amide bonds. The minimum absolute atomic E-state index is 0.144. The van der Waals surface area contributed by atoms with Crippen LogP contribution in [0.3, 0.4) is 0 Å². The summed E-state index contributed by atoms with van der Waals surface area (Å²) in [6, 6.07) is 8.81. The Labute approximate surface area is 128 Å². The lowest BCUT2D eigenvalue weighted by atomic mass is 9.74. The summed E-state index contributed by atoms with van der Waals surface area (Å²) in [6.45, 7) is 3.05. The molecule has 2 fully saturated rings. The minimum Gasteiger partial charge on any atom is -0.490 e. The molecule has 1 saturated heterocycles. The fourth-order valence-electron chi connectivity index (χ4n) is 3.64. The molecular weight excluding hydrogens is 262 g/mol. The van der Waals surface area contributed by atoms with Crippen LogP contribution in [0.25, 0.3) is 0 Å². The van der Waals surface area contributed by atoms with Crippen molar-refractivity contribution in [2.75, 3.05) is 13.7 Å². The molecule has 1 saturated carbocycles. The number of hydrogen-bond acceptors (Lipinski definition) is 3. The van der Waals surface area contributed by atoms with Gasteiger partial charge in [0.05, 0.1) is 12.2 Å². The highest BCUT2D eigenvalue weighted by atomic mass is 16.5. The van der Waals surface area contributed by atoms with Crippen LogP contribution in [0.1, 0.15) is 57.1 Å². The molecule has 3 nitrogen and oxygen atoms in total. The molecule has 1 aliphatic heterocycles. The summed E-state index contributed by atoms with van der Waals surface area (Å²) >= 11 is 0. The van der Waals surface area contributed by atoms with Crippen LogP contribution in [-0.2, 0) is 4.74 Å². The Morgan fingerprint density at radius 3 is 2.86 bits per heavy atom. The molecule has 0 aromatic heterocycles. The predicted octanol–water partition coefficient (Wildman–Crippen LogP) is 3.84. The monoisotopic (exact) mass is 289 g/mol. The molecule has 2 aliphatic rings. The van der Waals surface area contributed by atoms with Gasteiger partial charge in [-0.05, 0) is 38.8 Å². The average molecular weight is 289 g/mol. The Kier molecular flexibility index (Phi) is 4.51. The molecule has 21 heavy (non-hydrogen) atoms. The van der Waals surface area contributed by atoms with E-state index in [4.69, 9.17) is 9.47 Å². The van der Waals surface area contributed by atoms with Crippen molar-refractivity contribution < 1.29 is 9.47 Å². The summed E-state index contributed by atoms with van der Waals surface area (Å²) in [6.07, 6.45) is 7.15.